The topological polar surface area (TPSA) is 164 Å². The number of hydrogen-bond acceptors (Lipinski definition) is 8. The van der Waals surface area contributed by atoms with Crippen LogP contribution in [0.5, 0.6) is 0 Å². The minimum atomic E-state index is -4.78. The Morgan fingerprint density at radius 1 is 1.26 bits per heavy atom. The van der Waals surface area contributed by atoms with Gasteiger partial charge in [-0.25, -0.2) is 4.98 Å². The number of amides is 2. The standard InChI is InChI=1S/C22H21F3N8O4S/c1-4-31-9-13(10(2)30-31)12-7-15(22(23,24)25)28-21-17(12)18(19(38-21)20(26)35)29-16(34)5-6-32-11(3)14(8-27-32)33(36)37/h7-9H,4-6H2,1-3H3,(H2,26,35)(H,29,34). The van der Waals surface area contributed by atoms with E-state index in [0.717, 1.165) is 12.3 Å². The van der Waals surface area contributed by atoms with Crippen LogP contribution in [0.4, 0.5) is 24.5 Å². The lowest BCUT2D eigenvalue weighted by Gasteiger charge is -2.12. The lowest BCUT2D eigenvalue weighted by atomic mass is 10.0. The van der Waals surface area contributed by atoms with Crippen LogP contribution in [-0.2, 0) is 24.1 Å². The molecule has 0 aliphatic heterocycles. The molecular formula is C22H21F3N8O4S. The van der Waals surface area contributed by atoms with E-state index in [1.165, 1.54) is 11.6 Å². The molecule has 0 bridgehead atoms. The van der Waals surface area contributed by atoms with Crippen molar-refractivity contribution in [2.24, 2.45) is 5.73 Å². The quantitative estimate of drug-likeness (QED) is 0.247. The summed E-state index contributed by atoms with van der Waals surface area (Å²) in [5, 5.41) is 22.0. The van der Waals surface area contributed by atoms with E-state index in [0.29, 0.717) is 29.1 Å². The summed E-state index contributed by atoms with van der Waals surface area (Å²) in [5.41, 5.74) is 5.21. The number of aromatic nitrogens is 5. The molecule has 4 aromatic heterocycles. The number of alkyl halides is 3. The van der Waals surface area contributed by atoms with Crippen molar-refractivity contribution in [2.75, 3.05) is 5.32 Å². The molecule has 0 aliphatic carbocycles. The Morgan fingerprint density at radius 2 is 1.97 bits per heavy atom. The number of anilines is 1. The van der Waals surface area contributed by atoms with Crippen molar-refractivity contribution in [2.45, 2.75) is 46.5 Å². The molecule has 0 fully saturated rings. The predicted octanol–water partition coefficient (Wildman–Crippen LogP) is 4.05. The van der Waals surface area contributed by atoms with Gasteiger partial charge in [0.15, 0.2) is 0 Å². The Kier molecular flexibility index (Phi) is 6.92. The lowest BCUT2D eigenvalue weighted by Crippen LogP contribution is -2.18. The number of aryl methyl sites for hydroxylation is 3. The van der Waals surface area contributed by atoms with Gasteiger partial charge in [-0.2, -0.15) is 23.4 Å². The van der Waals surface area contributed by atoms with E-state index in [1.54, 1.807) is 17.8 Å². The minimum absolute atomic E-state index is 0.0226. The molecule has 0 spiro atoms. The highest BCUT2D eigenvalue weighted by Gasteiger charge is 2.35. The second kappa shape index (κ2) is 9.85. The molecule has 0 saturated heterocycles. The van der Waals surface area contributed by atoms with Crippen LogP contribution in [0.25, 0.3) is 21.3 Å². The number of pyridine rings is 1. The van der Waals surface area contributed by atoms with Gasteiger partial charge in [0.25, 0.3) is 5.91 Å². The summed E-state index contributed by atoms with van der Waals surface area (Å²) in [6.45, 7) is 5.37. The molecule has 0 atom stereocenters. The second-order valence-corrected chi connectivity index (χ2v) is 9.28. The maximum atomic E-state index is 13.7. The van der Waals surface area contributed by atoms with Gasteiger partial charge in [-0.1, -0.05) is 0 Å². The highest BCUT2D eigenvalue weighted by atomic mass is 32.1. The Hall–Kier alpha value is -4.34. The Balaban J connectivity index is 1.80. The molecular weight excluding hydrogens is 529 g/mol. The molecule has 3 N–H and O–H groups in total. The number of carbonyl (C=O) groups excluding carboxylic acids is 2. The summed E-state index contributed by atoms with van der Waals surface area (Å²) < 4.78 is 44.0. The zero-order valence-electron chi connectivity index (χ0n) is 20.3. The molecule has 38 heavy (non-hydrogen) atoms. The monoisotopic (exact) mass is 550 g/mol. The number of halogens is 3. The normalized spacial score (nSPS) is 11.7. The van der Waals surface area contributed by atoms with Gasteiger partial charge in [0.1, 0.15) is 27.3 Å². The third-order valence-corrected chi connectivity index (χ3v) is 6.92. The number of carbonyl (C=O) groups is 2. The maximum Gasteiger partial charge on any atom is 0.433 e. The molecule has 0 radical (unpaired) electrons. The number of nitrogens with two attached hydrogens (primary N) is 1. The number of nitrogens with one attached hydrogen (secondary N) is 1. The molecule has 0 unspecified atom stereocenters. The van der Waals surface area contributed by atoms with Crippen LogP contribution >= 0.6 is 11.3 Å². The van der Waals surface area contributed by atoms with Crippen LogP contribution in [0.1, 0.15) is 40.1 Å². The molecule has 4 heterocycles. The van der Waals surface area contributed by atoms with Gasteiger partial charge in [0, 0.05) is 30.1 Å². The molecule has 0 aromatic carbocycles. The van der Waals surface area contributed by atoms with E-state index in [9.17, 15) is 32.9 Å². The van der Waals surface area contributed by atoms with Gasteiger partial charge in [-0.15, -0.1) is 11.3 Å². The van der Waals surface area contributed by atoms with Crippen molar-refractivity contribution in [3.05, 3.63) is 50.5 Å². The van der Waals surface area contributed by atoms with Gasteiger partial charge < -0.3 is 11.1 Å². The van der Waals surface area contributed by atoms with Crippen molar-refractivity contribution in [1.29, 1.82) is 0 Å². The van der Waals surface area contributed by atoms with Crippen molar-refractivity contribution in [3.8, 4) is 11.1 Å². The van der Waals surface area contributed by atoms with Crippen LogP contribution in [0.15, 0.2) is 18.5 Å². The third kappa shape index (κ3) is 4.93. The first-order valence-electron chi connectivity index (χ1n) is 11.2. The van der Waals surface area contributed by atoms with Crippen LogP contribution in [-0.4, -0.2) is 41.3 Å². The first kappa shape index (κ1) is 26.7. The van der Waals surface area contributed by atoms with Crippen molar-refractivity contribution < 1.29 is 27.7 Å². The van der Waals surface area contributed by atoms with Crippen molar-refractivity contribution >= 4 is 44.7 Å². The first-order chi connectivity index (χ1) is 17.8. The molecule has 4 rings (SSSR count). The number of hydrogen-bond donors (Lipinski definition) is 2. The van der Waals surface area contributed by atoms with E-state index in [4.69, 9.17) is 5.73 Å². The van der Waals surface area contributed by atoms with Gasteiger partial charge in [-0.3, -0.25) is 29.1 Å². The van der Waals surface area contributed by atoms with E-state index in [2.05, 4.69) is 20.5 Å². The molecule has 0 aliphatic rings. The summed E-state index contributed by atoms with van der Waals surface area (Å²) in [5.74, 6) is -1.57. The SMILES string of the molecule is CCn1cc(-c2cc(C(F)(F)F)nc3sc(C(N)=O)c(NC(=O)CCn4ncc([N+](=O)[O-])c4C)c23)c(C)n1. The van der Waals surface area contributed by atoms with Gasteiger partial charge in [-0.05, 0) is 32.4 Å². The molecule has 0 saturated carbocycles. The molecule has 16 heteroatoms. The number of fused-ring (bicyclic) bond motifs is 1. The fourth-order valence-electron chi connectivity index (χ4n) is 3.94. The number of primary amides is 1. The average molecular weight is 551 g/mol. The van der Waals surface area contributed by atoms with E-state index < -0.39 is 28.6 Å². The fourth-order valence-corrected chi connectivity index (χ4v) is 4.95. The van der Waals surface area contributed by atoms with E-state index in [1.807, 2.05) is 6.92 Å². The van der Waals surface area contributed by atoms with Crippen LogP contribution in [0.2, 0.25) is 0 Å². The number of rotatable bonds is 8. The summed E-state index contributed by atoms with van der Waals surface area (Å²) in [7, 11) is 0. The maximum absolute atomic E-state index is 13.7. The van der Waals surface area contributed by atoms with Crippen LogP contribution < -0.4 is 11.1 Å². The van der Waals surface area contributed by atoms with Gasteiger partial charge >= 0.3 is 11.9 Å². The summed E-state index contributed by atoms with van der Waals surface area (Å²) in [6.07, 6.45) is -2.34. The minimum Gasteiger partial charge on any atom is -0.365 e. The van der Waals surface area contributed by atoms with Crippen molar-refractivity contribution in [3.63, 3.8) is 0 Å². The van der Waals surface area contributed by atoms with E-state index in [-0.39, 0.29) is 50.7 Å². The summed E-state index contributed by atoms with van der Waals surface area (Å²) in [4.78, 5) is 39.0. The number of nitro groups is 1. The van der Waals surface area contributed by atoms with Gasteiger partial charge in [0.2, 0.25) is 5.91 Å². The Bertz CT molecular complexity index is 1590. The van der Waals surface area contributed by atoms with Crippen LogP contribution in [0, 0.1) is 24.0 Å². The van der Waals surface area contributed by atoms with Crippen molar-refractivity contribution in [1.82, 2.24) is 24.5 Å². The van der Waals surface area contributed by atoms with Crippen LogP contribution in [0.3, 0.4) is 0 Å². The molecule has 2 amide bonds. The Labute approximate surface area is 216 Å². The second-order valence-electron chi connectivity index (χ2n) is 8.28. The zero-order valence-corrected chi connectivity index (χ0v) is 21.1. The largest absolute Gasteiger partial charge is 0.433 e. The Morgan fingerprint density at radius 3 is 2.53 bits per heavy atom. The third-order valence-electron chi connectivity index (χ3n) is 5.83. The zero-order chi connectivity index (χ0) is 27.9. The highest BCUT2D eigenvalue weighted by molar-refractivity contribution is 7.21. The molecule has 12 nitrogen and oxygen atoms in total. The average Bonchev–Trinajstić information content (AvgIpc) is 3.51. The highest BCUT2D eigenvalue weighted by Crippen LogP contribution is 2.44. The number of thiophene rings is 1. The van der Waals surface area contributed by atoms with Gasteiger partial charge in [0.05, 0.1) is 22.8 Å². The molecule has 4 aromatic rings. The summed E-state index contributed by atoms with van der Waals surface area (Å²) >= 11 is 0.635. The molecule has 200 valence electrons. The summed E-state index contributed by atoms with van der Waals surface area (Å²) in [6, 6.07) is 0.853. The smallest absolute Gasteiger partial charge is 0.365 e. The lowest BCUT2D eigenvalue weighted by molar-refractivity contribution is -0.385. The number of nitrogens with zero attached hydrogens (tertiary/aromatic N) is 6. The first-order valence-corrected chi connectivity index (χ1v) is 12.0. The van der Waals surface area contributed by atoms with E-state index >= 15 is 0 Å². The predicted molar refractivity (Wildman–Crippen MR) is 132 cm³/mol. The fraction of sp³-hybridized carbons (Fsp3) is 0.318.